The summed E-state index contributed by atoms with van der Waals surface area (Å²) < 4.78 is 6.22. The summed E-state index contributed by atoms with van der Waals surface area (Å²) in [5, 5.41) is 14.6. The molecule has 11 heteroatoms. The highest BCUT2D eigenvalue weighted by Gasteiger charge is 2.19. The van der Waals surface area contributed by atoms with E-state index in [4.69, 9.17) is 4.74 Å². The lowest BCUT2D eigenvalue weighted by Gasteiger charge is -2.35. The summed E-state index contributed by atoms with van der Waals surface area (Å²) >= 11 is 0. The molecule has 2 aliphatic rings. The van der Waals surface area contributed by atoms with Crippen LogP contribution in [0.2, 0.25) is 0 Å². The third-order valence-corrected chi connectivity index (χ3v) is 6.92. The Balaban J connectivity index is 1.50. The van der Waals surface area contributed by atoms with E-state index in [1.165, 1.54) is 6.33 Å². The van der Waals surface area contributed by atoms with Gasteiger partial charge in [0, 0.05) is 65.0 Å². The van der Waals surface area contributed by atoms with Gasteiger partial charge in [-0.15, -0.1) is 0 Å². The van der Waals surface area contributed by atoms with Gasteiger partial charge < -0.3 is 34.8 Å². The maximum Gasteiger partial charge on any atom is 0.222 e. The second-order valence-electron chi connectivity index (χ2n) is 9.58. The average molecular weight is 507 g/mol. The molecule has 11 nitrogen and oxygen atoms in total. The van der Waals surface area contributed by atoms with E-state index in [1.54, 1.807) is 11.1 Å². The van der Waals surface area contributed by atoms with Crippen molar-refractivity contribution in [3.05, 3.63) is 30.1 Å². The van der Waals surface area contributed by atoms with Gasteiger partial charge in [0.15, 0.2) is 5.88 Å². The summed E-state index contributed by atoms with van der Waals surface area (Å²) in [5.41, 5.74) is 2.76. The van der Waals surface area contributed by atoms with Gasteiger partial charge in [-0.1, -0.05) is 0 Å². The molecule has 196 valence electrons. The van der Waals surface area contributed by atoms with E-state index in [0.717, 1.165) is 44.0 Å². The van der Waals surface area contributed by atoms with E-state index in [1.807, 2.05) is 25.2 Å². The van der Waals surface area contributed by atoms with Crippen molar-refractivity contribution in [2.24, 2.45) is 4.99 Å². The zero-order valence-electron chi connectivity index (χ0n) is 21.4. The molecule has 0 atom stereocenters. The first kappa shape index (κ1) is 24.8. The highest BCUT2D eigenvalue weighted by atomic mass is 16.5. The molecule has 2 aromatic heterocycles. The minimum absolute atomic E-state index is 0.0208. The van der Waals surface area contributed by atoms with Crippen LogP contribution in [-0.2, 0) is 4.79 Å². The van der Waals surface area contributed by atoms with Crippen molar-refractivity contribution >= 4 is 40.3 Å². The lowest BCUT2D eigenvalue weighted by atomic mass is 10.2. The number of aromatic hydroxyl groups is 1. The van der Waals surface area contributed by atoms with Crippen LogP contribution in [0.5, 0.6) is 11.6 Å². The number of hydrogen-bond donors (Lipinski definition) is 3. The molecule has 0 radical (unpaired) electrons. The number of carbonyl (C=O) groups excluding carboxylic acids is 1. The average Bonchev–Trinajstić information content (AvgIpc) is 3.23. The number of amides is 1. The lowest BCUT2D eigenvalue weighted by Crippen LogP contribution is -2.44. The molecule has 2 aliphatic heterocycles. The molecule has 3 aromatic rings. The Kier molecular flexibility index (Phi) is 7.40. The summed E-state index contributed by atoms with van der Waals surface area (Å²) in [4.78, 5) is 35.2. The highest BCUT2D eigenvalue weighted by Crippen LogP contribution is 2.34. The molecular weight excluding hydrogens is 472 g/mol. The molecule has 0 saturated carbocycles. The second-order valence-corrected chi connectivity index (χ2v) is 9.58. The van der Waals surface area contributed by atoms with Crippen LogP contribution < -0.4 is 15.0 Å². The third kappa shape index (κ3) is 5.61. The van der Waals surface area contributed by atoms with Crippen molar-refractivity contribution in [1.29, 1.82) is 0 Å². The number of hydrogen-bond acceptors (Lipinski definition) is 9. The van der Waals surface area contributed by atoms with Gasteiger partial charge in [-0.05, 0) is 32.0 Å². The fourth-order valence-electron chi connectivity index (χ4n) is 4.68. The van der Waals surface area contributed by atoms with Gasteiger partial charge in [0.1, 0.15) is 23.5 Å². The first-order valence-electron chi connectivity index (χ1n) is 12.8. The van der Waals surface area contributed by atoms with Crippen LogP contribution in [0, 0.1) is 0 Å². The molecule has 2 bridgehead atoms. The van der Waals surface area contributed by atoms with E-state index in [-0.39, 0.29) is 11.8 Å². The standard InChI is InChI=1S/C26H34N8O3/c1-32-10-12-34(13-11-32)20-7-6-18-15-21(20)37-14-3-5-22(35)33(2)9-4-8-27-24-23-19(16-28-18)26(36)31-25(23)30-17-29-24/h6-7,15-17,36H,3-5,8-14H2,1-2H3,(H2,27,29,30,31). The van der Waals surface area contributed by atoms with Crippen molar-refractivity contribution in [2.75, 3.05) is 70.2 Å². The summed E-state index contributed by atoms with van der Waals surface area (Å²) in [6.07, 6.45) is 4.90. The Morgan fingerprint density at radius 3 is 2.73 bits per heavy atom. The van der Waals surface area contributed by atoms with Crippen molar-refractivity contribution in [3.8, 4) is 11.6 Å². The Labute approximate surface area is 216 Å². The monoisotopic (exact) mass is 506 g/mol. The van der Waals surface area contributed by atoms with Crippen molar-refractivity contribution in [2.45, 2.75) is 19.3 Å². The number of H-pyrrole nitrogens is 1. The van der Waals surface area contributed by atoms with Crippen molar-refractivity contribution in [3.63, 3.8) is 0 Å². The maximum absolute atomic E-state index is 12.6. The first-order valence-corrected chi connectivity index (χ1v) is 12.8. The van der Waals surface area contributed by atoms with Gasteiger partial charge in [0.05, 0.1) is 28.9 Å². The quantitative estimate of drug-likeness (QED) is 0.460. The van der Waals surface area contributed by atoms with Crippen LogP contribution in [0.4, 0.5) is 17.2 Å². The number of benzene rings is 1. The molecule has 0 unspecified atom stereocenters. The van der Waals surface area contributed by atoms with Crippen LogP contribution in [-0.4, -0.2) is 102 Å². The molecule has 0 aliphatic carbocycles. The van der Waals surface area contributed by atoms with Crippen LogP contribution in [0.25, 0.3) is 11.0 Å². The van der Waals surface area contributed by atoms with E-state index in [0.29, 0.717) is 60.6 Å². The van der Waals surface area contributed by atoms with Gasteiger partial charge >= 0.3 is 0 Å². The first-order chi connectivity index (χ1) is 18.0. The Bertz CT molecular complexity index is 1280. The van der Waals surface area contributed by atoms with E-state index >= 15 is 0 Å². The van der Waals surface area contributed by atoms with Gasteiger partial charge in [0.25, 0.3) is 0 Å². The van der Waals surface area contributed by atoms with Crippen LogP contribution in [0.3, 0.4) is 0 Å². The smallest absolute Gasteiger partial charge is 0.222 e. The summed E-state index contributed by atoms with van der Waals surface area (Å²) in [7, 11) is 3.96. The normalized spacial score (nSPS) is 18.3. The van der Waals surface area contributed by atoms with Crippen molar-refractivity contribution in [1.82, 2.24) is 24.8 Å². The number of nitrogens with one attached hydrogen (secondary N) is 2. The zero-order valence-corrected chi connectivity index (χ0v) is 21.4. The minimum Gasteiger partial charge on any atom is -0.494 e. The topological polar surface area (TPSA) is 122 Å². The largest absolute Gasteiger partial charge is 0.494 e. The van der Waals surface area contributed by atoms with Crippen molar-refractivity contribution < 1.29 is 14.6 Å². The lowest BCUT2D eigenvalue weighted by molar-refractivity contribution is -0.130. The van der Waals surface area contributed by atoms with Gasteiger partial charge in [0.2, 0.25) is 5.91 Å². The fraction of sp³-hybridized carbons (Fsp3) is 0.462. The number of fused-ring (bicyclic) bond motifs is 2. The number of nitrogens with zero attached hydrogens (tertiary/aromatic N) is 6. The molecule has 1 fully saturated rings. The Morgan fingerprint density at radius 2 is 1.89 bits per heavy atom. The fourth-order valence-corrected chi connectivity index (χ4v) is 4.68. The number of ether oxygens (including phenoxy) is 1. The summed E-state index contributed by atoms with van der Waals surface area (Å²) in [6, 6.07) is 5.91. The molecule has 1 saturated heterocycles. The number of carbonyl (C=O) groups is 1. The summed E-state index contributed by atoms with van der Waals surface area (Å²) in [6.45, 7) is 5.49. The van der Waals surface area contributed by atoms with Crippen LogP contribution in [0.15, 0.2) is 29.5 Å². The van der Waals surface area contributed by atoms with Gasteiger partial charge in [-0.3, -0.25) is 9.79 Å². The summed E-state index contributed by atoms with van der Waals surface area (Å²) in [5.74, 6) is 1.43. The highest BCUT2D eigenvalue weighted by molar-refractivity contribution is 6.06. The molecule has 1 amide bonds. The Morgan fingerprint density at radius 1 is 1.05 bits per heavy atom. The van der Waals surface area contributed by atoms with E-state index in [9.17, 15) is 9.90 Å². The van der Waals surface area contributed by atoms with Gasteiger partial charge in [-0.2, -0.15) is 0 Å². The number of piperazine rings is 1. The number of rotatable bonds is 1. The molecule has 0 spiro atoms. The molecule has 37 heavy (non-hydrogen) atoms. The molecule has 1 aromatic carbocycles. The van der Waals surface area contributed by atoms with E-state index < -0.39 is 0 Å². The number of aromatic nitrogens is 3. The predicted octanol–water partition coefficient (Wildman–Crippen LogP) is 2.60. The SMILES string of the molecule is CN1CCN(c2ccc3cc2OCCCC(=O)N(C)CCCNc2ncnc4[nH]c(O)c(c24)C=N3)CC1. The molecule has 4 heterocycles. The molecule has 5 rings (SSSR count). The third-order valence-electron chi connectivity index (χ3n) is 6.92. The number of anilines is 2. The maximum atomic E-state index is 12.6. The van der Waals surface area contributed by atoms with Crippen LogP contribution >= 0.6 is 0 Å². The Hall–Kier alpha value is -3.86. The minimum atomic E-state index is -0.0208. The predicted molar refractivity (Wildman–Crippen MR) is 144 cm³/mol. The van der Waals surface area contributed by atoms with E-state index in [2.05, 4.69) is 42.1 Å². The van der Waals surface area contributed by atoms with Gasteiger partial charge in [-0.25, -0.2) is 9.97 Å². The second kappa shape index (κ2) is 11.0. The zero-order chi connectivity index (χ0) is 25.8. The molecular formula is C26H34N8O3. The van der Waals surface area contributed by atoms with Crippen LogP contribution in [0.1, 0.15) is 24.8 Å². The number of aromatic amines is 1. The number of aliphatic imine (C=N–C) groups is 1. The number of likely N-dealkylation sites (N-methyl/N-ethyl adjacent to an activating group) is 1. The molecule has 3 N–H and O–H groups in total.